The Balaban J connectivity index is 1.96. The van der Waals surface area contributed by atoms with E-state index in [0.29, 0.717) is 0 Å². The summed E-state index contributed by atoms with van der Waals surface area (Å²) >= 11 is 0. The zero-order chi connectivity index (χ0) is 16.5. The smallest absolute Gasteiger partial charge is 0.258 e. The summed E-state index contributed by atoms with van der Waals surface area (Å²) in [4.78, 5) is 3.92. The molecule has 1 aliphatic carbocycles. The predicted octanol–water partition coefficient (Wildman–Crippen LogP) is 0.997. The third-order valence-corrected chi connectivity index (χ3v) is 5.86. The summed E-state index contributed by atoms with van der Waals surface area (Å²) in [5.74, 6) is 0. The van der Waals surface area contributed by atoms with E-state index in [1.807, 2.05) is 0 Å². The van der Waals surface area contributed by atoms with Gasteiger partial charge in [0.25, 0.3) is 10.0 Å². The molecule has 0 bridgehead atoms. The third-order valence-electron chi connectivity index (χ3n) is 4.52. The second-order valence-corrected chi connectivity index (χ2v) is 7.70. The van der Waals surface area contributed by atoms with Crippen LogP contribution in [-0.2, 0) is 17.1 Å². The van der Waals surface area contributed by atoms with Gasteiger partial charge in [0.15, 0.2) is 5.03 Å². The van der Waals surface area contributed by atoms with Crippen LogP contribution in [0.3, 0.4) is 0 Å². The van der Waals surface area contributed by atoms with Crippen molar-refractivity contribution < 1.29 is 13.5 Å². The first-order valence-electron chi connectivity index (χ1n) is 7.50. The largest absolute Gasteiger partial charge is 0.396 e. The maximum absolute atomic E-state index is 12.6. The fourth-order valence-corrected chi connectivity index (χ4v) is 4.30. The summed E-state index contributed by atoms with van der Waals surface area (Å²) in [7, 11) is -2.00. The monoisotopic (exact) mass is 336 g/mol. The number of aryl methyl sites for hydroxylation is 1. The van der Waals surface area contributed by atoms with Gasteiger partial charge in [-0.1, -0.05) is 12.5 Å². The van der Waals surface area contributed by atoms with Crippen LogP contribution >= 0.6 is 0 Å². The van der Waals surface area contributed by atoms with Crippen molar-refractivity contribution in [3.63, 3.8) is 0 Å². The number of sulfonamides is 1. The molecule has 1 unspecified atom stereocenters. The van der Waals surface area contributed by atoms with Crippen molar-refractivity contribution in [3.05, 3.63) is 42.4 Å². The number of hydrogen-bond acceptors (Lipinski definition) is 5. The molecule has 3 rings (SSSR count). The van der Waals surface area contributed by atoms with Crippen molar-refractivity contribution >= 4 is 10.0 Å². The quantitative estimate of drug-likeness (QED) is 0.820. The van der Waals surface area contributed by atoms with Gasteiger partial charge in [-0.2, -0.15) is 5.10 Å². The Hall–Kier alpha value is -1.77. The summed E-state index contributed by atoms with van der Waals surface area (Å²) in [6.45, 7) is -0.0721. The standard InChI is InChI=1S/C15H20N4O3S/c1-19-10-12(9-17-19)14(15(11-20)6-4-7-15)18-23(21,22)13-5-2-3-8-16-13/h2-3,5,8-10,14,18,20H,4,6-7,11H2,1H3. The highest BCUT2D eigenvalue weighted by Crippen LogP contribution is 2.50. The van der Waals surface area contributed by atoms with Gasteiger partial charge in [0.1, 0.15) is 0 Å². The van der Waals surface area contributed by atoms with E-state index in [9.17, 15) is 13.5 Å². The molecular formula is C15H20N4O3S. The lowest BCUT2D eigenvalue weighted by atomic mass is 9.63. The van der Waals surface area contributed by atoms with Gasteiger partial charge in [-0.05, 0) is 25.0 Å². The third kappa shape index (κ3) is 3.01. The molecule has 2 N–H and O–H groups in total. The van der Waals surface area contributed by atoms with Crippen molar-refractivity contribution in [2.45, 2.75) is 30.3 Å². The zero-order valence-electron chi connectivity index (χ0n) is 12.9. The molecule has 124 valence electrons. The molecule has 1 atom stereocenters. The molecular weight excluding hydrogens is 316 g/mol. The average Bonchev–Trinajstić information content (AvgIpc) is 2.93. The molecule has 1 aliphatic rings. The predicted molar refractivity (Wildman–Crippen MR) is 83.9 cm³/mol. The number of nitrogens with one attached hydrogen (secondary N) is 1. The fourth-order valence-electron chi connectivity index (χ4n) is 3.03. The van der Waals surface area contributed by atoms with E-state index in [0.717, 1.165) is 24.8 Å². The van der Waals surface area contributed by atoms with E-state index in [1.165, 1.54) is 12.3 Å². The minimum atomic E-state index is -3.78. The summed E-state index contributed by atoms with van der Waals surface area (Å²) in [6.07, 6.45) is 7.38. The van der Waals surface area contributed by atoms with E-state index in [4.69, 9.17) is 0 Å². The summed E-state index contributed by atoms with van der Waals surface area (Å²) in [5.41, 5.74) is 0.269. The maximum atomic E-state index is 12.6. The molecule has 0 aromatic carbocycles. The molecule has 7 nitrogen and oxygen atoms in total. The lowest BCUT2D eigenvalue weighted by molar-refractivity contribution is 0.0128. The molecule has 0 aliphatic heterocycles. The van der Waals surface area contributed by atoms with Crippen LogP contribution in [0.2, 0.25) is 0 Å². The molecule has 2 heterocycles. The van der Waals surface area contributed by atoms with Crippen molar-refractivity contribution in [1.82, 2.24) is 19.5 Å². The van der Waals surface area contributed by atoms with Gasteiger partial charge in [0.05, 0.1) is 18.8 Å². The topological polar surface area (TPSA) is 97.1 Å². The van der Waals surface area contributed by atoms with Crippen LogP contribution in [0.1, 0.15) is 30.9 Å². The minimum Gasteiger partial charge on any atom is -0.396 e. The Morgan fingerprint density at radius 3 is 2.70 bits per heavy atom. The van der Waals surface area contributed by atoms with Crippen LogP contribution < -0.4 is 4.72 Å². The van der Waals surface area contributed by atoms with Crippen LogP contribution in [0.25, 0.3) is 0 Å². The molecule has 1 saturated carbocycles. The zero-order valence-corrected chi connectivity index (χ0v) is 13.7. The van der Waals surface area contributed by atoms with Crippen LogP contribution in [0.5, 0.6) is 0 Å². The summed E-state index contributed by atoms with van der Waals surface area (Å²) < 4.78 is 29.6. The summed E-state index contributed by atoms with van der Waals surface area (Å²) in [6, 6.07) is 4.22. The molecule has 0 saturated heterocycles. The fraction of sp³-hybridized carbons (Fsp3) is 0.467. The number of nitrogens with zero attached hydrogens (tertiary/aromatic N) is 3. The number of aliphatic hydroxyl groups is 1. The Labute approximate surface area is 135 Å². The Morgan fingerprint density at radius 1 is 1.43 bits per heavy atom. The highest BCUT2D eigenvalue weighted by atomic mass is 32.2. The van der Waals surface area contributed by atoms with Gasteiger partial charge in [-0.3, -0.25) is 4.68 Å². The Bertz CT molecular complexity index is 764. The van der Waals surface area contributed by atoms with Gasteiger partial charge in [-0.25, -0.2) is 18.1 Å². The van der Waals surface area contributed by atoms with Gasteiger partial charge < -0.3 is 5.11 Å². The maximum Gasteiger partial charge on any atom is 0.258 e. The van der Waals surface area contributed by atoms with Gasteiger partial charge in [-0.15, -0.1) is 0 Å². The number of pyridine rings is 1. The lowest BCUT2D eigenvalue weighted by Crippen LogP contribution is -2.47. The van der Waals surface area contributed by atoms with Gasteiger partial charge in [0.2, 0.25) is 0 Å². The van der Waals surface area contributed by atoms with Crippen molar-refractivity contribution in [2.24, 2.45) is 12.5 Å². The summed E-state index contributed by atoms with van der Waals surface area (Å²) in [5, 5.41) is 14.0. The Morgan fingerprint density at radius 2 is 2.22 bits per heavy atom. The number of rotatable bonds is 6. The second kappa shape index (κ2) is 6.03. The minimum absolute atomic E-state index is 0.0266. The molecule has 2 aromatic heterocycles. The molecule has 0 radical (unpaired) electrons. The molecule has 0 amide bonds. The average molecular weight is 336 g/mol. The number of hydrogen-bond donors (Lipinski definition) is 2. The lowest BCUT2D eigenvalue weighted by Gasteiger charge is -2.46. The second-order valence-electron chi connectivity index (χ2n) is 6.04. The van der Waals surface area contributed by atoms with Crippen molar-refractivity contribution in [1.29, 1.82) is 0 Å². The molecule has 8 heteroatoms. The van der Waals surface area contributed by atoms with Gasteiger partial charge >= 0.3 is 0 Å². The highest BCUT2D eigenvalue weighted by Gasteiger charge is 2.46. The first-order valence-corrected chi connectivity index (χ1v) is 8.98. The van der Waals surface area contributed by atoms with E-state index in [-0.39, 0.29) is 11.6 Å². The highest BCUT2D eigenvalue weighted by molar-refractivity contribution is 7.89. The SMILES string of the molecule is Cn1cc(C(NS(=O)(=O)c2ccccn2)C2(CO)CCC2)cn1. The van der Waals surface area contributed by atoms with E-state index < -0.39 is 21.5 Å². The van der Waals surface area contributed by atoms with Crippen LogP contribution in [0.4, 0.5) is 0 Å². The van der Waals surface area contributed by atoms with E-state index in [2.05, 4.69) is 14.8 Å². The Kier molecular flexibility index (Phi) is 4.22. The van der Waals surface area contributed by atoms with Crippen molar-refractivity contribution in [2.75, 3.05) is 6.61 Å². The number of aromatic nitrogens is 3. The van der Waals surface area contributed by atoms with Crippen molar-refractivity contribution in [3.8, 4) is 0 Å². The molecule has 1 fully saturated rings. The van der Waals surface area contributed by atoms with Crippen LogP contribution in [0.15, 0.2) is 41.8 Å². The van der Waals surface area contributed by atoms with Crippen LogP contribution in [-0.4, -0.2) is 34.9 Å². The number of aliphatic hydroxyl groups excluding tert-OH is 1. The first-order chi connectivity index (χ1) is 11.0. The molecule has 23 heavy (non-hydrogen) atoms. The van der Waals surface area contributed by atoms with Crippen LogP contribution in [0, 0.1) is 5.41 Å². The normalized spacial score (nSPS) is 18.3. The van der Waals surface area contributed by atoms with E-state index >= 15 is 0 Å². The van der Waals surface area contributed by atoms with E-state index in [1.54, 1.807) is 36.3 Å². The molecule has 2 aromatic rings. The first kappa shape index (κ1) is 16.1. The molecule has 0 spiro atoms. The van der Waals surface area contributed by atoms with Gasteiger partial charge in [0, 0.05) is 30.4 Å².